The van der Waals surface area contributed by atoms with Crippen molar-refractivity contribution in [2.75, 3.05) is 0 Å². The number of carbonyl (C=O) groups is 1. The first-order valence-electron chi connectivity index (χ1n) is 4.06. The van der Waals surface area contributed by atoms with E-state index in [0.29, 0.717) is 6.07 Å². The molecular formula is C9H3F5N2O. The summed E-state index contributed by atoms with van der Waals surface area (Å²) < 4.78 is 62.1. The summed E-state index contributed by atoms with van der Waals surface area (Å²) in [7, 11) is 0. The molecule has 0 unspecified atom stereocenters. The standard InChI is InChI=1S/C9H3F5N2O/c10-8(11)5-1-4(3-17)16-7(6(5)2-15)9(12,13)14/h1,3,8H. The Balaban J connectivity index is 3.64. The molecular weight excluding hydrogens is 247 g/mol. The molecule has 0 saturated heterocycles. The van der Waals surface area contributed by atoms with Crippen LogP contribution in [0.25, 0.3) is 0 Å². The summed E-state index contributed by atoms with van der Waals surface area (Å²) in [5.74, 6) is 0. The average molecular weight is 250 g/mol. The Morgan fingerprint density at radius 3 is 2.35 bits per heavy atom. The highest BCUT2D eigenvalue weighted by Gasteiger charge is 2.38. The van der Waals surface area contributed by atoms with Crippen LogP contribution in [0.5, 0.6) is 0 Å². The van der Waals surface area contributed by atoms with Crippen molar-refractivity contribution in [1.29, 1.82) is 5.26 Å². The van der Waals surface area contributed by atoms with E-state index in [9.17, 15) is 26.7 Å². The Kier molecular flexibility index (Phi) is 3.41. The van der Waals surface area contributed by atoms with Crippen LogP contribution in [0.4, 0.5) is 22.0 Å². The molecule has 0 saturated carbocycles. The minimum absolute atomic E-state index is 0.0950. The first-order chi connectivity index (χ1) is 7.81. The maximum Gasteiger partial charge on any atom is 0.434 e. The van der Waals surface area contributed by atoms with Gasteiger partial charge in [0.2, 0.25) is 0 Å². The molecule has 0 aromatic carbocycles. The first-order valence-corrected chi connectivity index (χ1v) is 4.06. The molecule has 3 nitrogen and oxygen atoms in total. The normalized spacial score (nSPS) is 11.4. The van der Waals surface area contributed by atoms with Gasteiger partial charge in [0.05, 0.1) is 5.56 Å². The highest BCUT2D eigenvalue weighted by molar-refractivity contribution is 5.73. The second-order valence-corrected chi connectivity index (χ2v) is 2.89. The molecule has 0 fully saturated rings. The van der Waals surface area contributed by atoms with Gasteiger partial charge in [-0.3, -0.25) is 4.79 Å². The fraction of sp³-hybridized carbons (Fsp3) is 0.222. The number of halogens is 5. The largest absolute Gasteiger partial charge is 0.434 e. The molecule has 0 atom stereocenters. The lowest BCUT2D eigenvalue weighted by atomic mass is 10.1. The van der Waals surface area contributed by atoms with E-state index < -0.39 is 35.1 Å². The third-order valence-electron chi connectivity index (χ3n) is 1.81. The molecule has 17 heavy (non-hydrogen) atoms. The van der Waals surface area contributed by atoms with E-state index in [0.717, 1.165) is 6.07 Å². The molecule has 8 heteroatoms. The van der Waals surface area contributed by atoms with Crippen LogP contribution in [-0.4, -0.2) is 11.3 Å². The zero-order valence-electron chi connectivity index (χ0n) is 7.92. The summed E-state index contributed by atoms with van der Waals surface area (Å²) in [6.07, 6.45) is -8.47. The Labute approximate surface area is 91.5 Å². The first kappa shape index (κ1) is 13.0. The molecule has 1 heterocycles. The van der Waals surface area contributed by atoms with Gasteiger partial charge < -0.3 is 0 Å². The number of aldehydes is 1. The second-order valence-electron chi connectivity index (χ2n) is 2.89. The molecule has 1 aromatic rings. The maximum absolute atomic E-state index is 12.4. The van der Waals surface area contributed by atoms with E-state index in [1.165, 1.54) is 0 Å². The van der Waals surface area contributed by atoms with Crippen LogP contribution in [-0.2, 0) is 6.18 Å². The van der Waals surface area contributed by atoms with Gasteiger partial charge in [-0.1, -0.05) is 0 Å². The number of aromatic nitrogens is 1. The number of hydrogen-bond donors (Lipinski definition) is 0. The Morgan fingerprint density at radius 2 is 2.00 bits per heavy atom. The molecule has 0 bridgehead atoms. The Hall–Kier alpha value is -2.04. The minimum atomic E-state index is -5.08. The molecule has 0 aliphatic rings. The summed E-state index contributed by atoms with van der Waals surface area (Å²) in [6, 6.07) is 1.49. The fourth-order valence-corrected chi connectivity index (χ4v) is 1.14. The molecule has 0 aliphatic heterocycles. The van der Waals surface area contributed by atoms with Gasteiger partial charge in [0.15, 0.2) is 12.0 Å². The minimum Gasteiger partial charge on any atom is -0.296 e. The van der Waals surface area contributed by atoms with Crippen LogP contribution in [0, 0.1) is 11.3 Å². The van der Waals surface area contributed by atoms with E-state index >= 15 is 0 Å². The number of pyridine rings is 1. The second kappa shape index (κ2) is 4.45. The molecule has 0 spiro atoms. The van der Waals surface area contributed by atoms with Crippen molar-refractivity contribution in [3.8, 4) is 6.07 Å². The van der Waals surface area contributed by atoms with Crippen LogP contribution in [0.1, 0.15) is 33.7 Å². The number of alkyl halides is 5. The summed E-state index contributed by atoms with van der Waals surface area (Å²) in [6.45, 7) is 0. The topological polar surface area (TPSA) is 53.8 Å². The predicted molar refractivity (Wildman–Crippen MR) is 44.3 cm³/mol. The molecule has 0 radical (unpaired) electrons. The predicted octanol–water partition coefficient (Wildman–Crippen LogP) is 2.72. The summed E-state index contributed by atoms with van der Waals surface area (Å²) >= 11 is 0. The number of hydrogen-bond acceptors (Lipinski definition) is 3. The van der Waals surface area contributed by atoms with E-state index in [4.69, 9.17) is 5.26 Å². The number of nitrogens with zero attached hydrogens (tertiary/aromatic N) is 2. The molecule has 1 aromatic heterocycles. The lowest BCUT2D eigenvalue weighted by Gasteiger charge is -2.11. The lowest BCUT2D eigenvalue weighted by Crippen LogP contribution is -2.14. The third kappa shape index (κ3) is 2.55. The fourth-order valence-electron chi connectivity index (χ4n) is 1.14. The van der Waals surface area contributed by atoms with Crippen molar-refractivity contribution >= 4 is 6.29 Å². The SMILES string of the molecule is N#Cc1c(C(F)F)cc(C=O)nc1C(F)(F)F. The average Bonchev–Trinajstić information content (AvgIpc) is 2.25. The van der Waals surface area contributed by atoms with E-state index in [1.807, 2.05) is 0 Å². The highest BCUT2D eigenvalue weighted by Crippen LogP contribution is 2.34. The van der Waals surface area contributed by atoms with Crippen LogP contribution in [0.2, 0.25) is 0 Å². The number of carbonyl (C=O) groups excluding carboxylic acids is 1. The highest BCUT2D eigenvalue weighted by atomic mass is 19.4. The Bertz CT molecular complexity index is 489. The number of nitriles is 1. The number of rotatable bonds is 2. The van der Waals surface area contributed by atoms with Crippen molar-refractivity contribution in [3.63, 3.8) is 0 Å². The molecule has 0 N–H and O–H groups in total. The van der Waals surface area contributed by atoms with Gasteiger partial charge in [-0.05, 0) is 6.07 Å². The summed E-state index contributed by atoms with van der Waals surface area (Å²) in [5.41, 5.74) is -5.00. The quantitative estimate of drug-likeness (QED) is 0.599. The van der Waals surface area contributed by atoms with Crippen LogP contribution >= 0.6 is 0 Å². The van der Waals surface area contributed by atoms with Crippen molar-refractivity contribution < 1.29 is 26.7 Å². The maximum atomic E-state index is 12.4. The smallest absolute Gasteiger partial charge is 0.296 e. The molecule has 90 valence electrons. The van der Waals surface area contributed by atoms with Crippen molar-refractivity contribution in [1.82, 2.24) is 4.98 Å². The van der Waals surface area contributed by atoms with Gasteiger partial charge in [-0.15, -0.1) is 0 Å². The van der Waals surface area contributed by atoms with Crippen LogP contribution in [0.3, 0.4) is 0 Å². The molecule has 0 amide bonds. The van der Waals surface area contributed by atoms with Gasteiger partial charge in [0.1, 0.15) is 11.8 Å². The van der Waals surface area contributed by atoms with Crippen molar-refractivity contribution in [2.45, 2.75) is 12.6 Å². The zero-order valence-corrected chi connectivity index (χ0v) is 7.92. The summed E-state index contributed by atoms with van der Waals surface area (Å²) in [4.78, 5) is 13.1. The van der Waals surface area contributed by atoms with E-state index in [-0.39, 0.29) is 6.29 Å². The van der Waals surface area contributed by atoms with Crippen LogP contribution < -0.4 is 0 Å². The van der Waals surface area contributed by atoms with Crippen LogP contribution in [0.15, 0.2) is 6.07 Å². The molecule has 0 aliphatic carbocycles. The Morgan fingerprint density at radius 1 is 1.41 bits per heavy atom. The van der Waals surface area contributed by atoms with Crippen molar-refractivity contribution in [2.24, 2.45) is 0 Å². The molecule has 1 rings (SSSR count). The van der Waals surface area contributed by atoms with Gasteiger partial charge >= 0.3 is 6.18 Å². The van der Waals surface area contributed by atoms with Crippen molar-refractivity contribution in [3.05, 3.63) is 28.6 Å². The monoisotopic (exact) mass is 250 g/mol. The van der Waals surface area contributed by atoms with Gasteiger partial charge in [0, 0.05) is 5.56 Å². The zero-order chi connectivity index (χ0) is 13.2. The van der Waals surface area contributed by atoms with Gasteiger partial charge in [-0.2, -0.15) is 18.4 Å². The van der Waals surface area contributed by atoms with Gasteiger partial charge in [0.25, 0.3) is 6.43 Å². The van der Waals surface area contributed by atoms with Gasteiger partial charge in [-0.25, -0.2) is 13.8 Å². The summed E-state index contributed by atoms with van der Waals surface area (Å²) in [5, 5.41) is 8.46. The van der Waals surface area contributed by atoms with E-state index in [2.05, 4.69) is 4.98 Å². The van der Waals surface area contributed by atoms with E-state index in [1.54, 1.807) is 0 Å². The lowest BCUT2D eigenvalue weighted by molar-refractivity contribution is -0.141. The third-order valence-corrected chi connectivity index (χ3v) is 1.81.